The van der Waals surface area contributed by atoms with Crippen LogP contribution < -0.4 is 11.1 Å². The van der Waals surface area contributed by atoms with Gasteiger partial charge in [0.25, 0.3) is 0 Å². The first kappa shape index (κ1) is 17.2. The molecule has 108 valence electrons. The zero-order valence-corrected chi connectivity index (χ0v) is 12.5. The summed E-state index contributed by atoms with van der Waals surface area (Å²) >= 11 is 0. The van der Waals surface area contributed by atoms with Crippen LogP contribution in [0.25, 0.3) is 0 Å². The maximum Gasteiger partial charge on any atom is 0.144 e. The number of unbranched alkanes of at least 4 members (excludes halogenated alkanes) is 3. The van der Waals surface area contributed by atoms with Gasteiger partial charge in [-0.3, -0.25) is 0 Å². The van der Waals surface area contributed by atoms with Crippen LogP contribution in [0.15, 0.2) is 5.16 Å². The average molecular weight is 257 g/mol. The third-order valence-electron chi connectivity index (χ3n) is 3.53. The normalized spacial score (nSPS) is 14.8. The lowest BCUT2D eigenvalue weighted by molar-refractivity contribution is 0.304. The molecular weight excluding hydrogens is 226 g/mol. The molecule has 0 rings (SSSR count). The van der Waals surface area contributed by atoms with E-state index in [0.717, 1.165) is 13.0 Å². The highest BCUT2D eigenvalue weighted by molar-refractivity contribution is 5.85. The second-order valence-corrected chi connectivity index (χ2v) is 5.82. The molecular formula is C14H31N3O. The minimum atomic E-state index is -0.246. The summed E-state index contributed by atoms with van der Waals surface area (Å²) in [5, 5.41) is 15.3. The van der Waals surface area contributed by atoms with Crippen molar-refractivity contribution in [2.45, 2.75) is 72.3 Å². The summed E-state index contributed by atoms with van der Waals surface area (Å²) in [5.41, 5.74) is 5.41. The predicted molar refractivity (Wildman–Crippen MR) is 78.0 cm³/mol. The average Bonchev–Trinajstić information content (AvgIpc) is 2.33. The van der Waals surface area contributed by atoms with Crippen molar-refractivity contribution < 1.29 is 5.21 Å². The molecule has 1 unspecified atom stereocenters. The molecule has 0 aromatic heterocycles. The Balaban J connectivity index is 3.70. The van der Waals surface area contributed by atoms with Crippen molar-refractivity contribution in [3.05, 3.63) is 0 Å². The summed E-state index contributed by atoms with van der Waals surface area (Å²) in [6.45, 7) is 9.35. The highest BCUT2D eigenvalue weighted by Gasteiger charge is 2.23. The van der Waals surface area contributed by atoms with Crippen LogP contribution in [-0.4, -0.2) is 23.6 Å². The van der Waals surface area contributed by atoms with Gasteiger partial charge in [-0.25, -0.2) is 0 Å². The first-order valence-corrected chi connectivity index (χ1v) is 7.15. The molecule has 0 heterocycles. The number of hydrogen-bond donors (Lipinski definition) is 3. The fraction of sp³-hybridized carbons (Fsp3) is 0.929. The molecule has 0 spiro atoms. The van der Waals surface area contributed by atoms with Gasteiger partial charge in [-0.05, 0) is 26.3 Å². The Morgan fingerprint density at radius 2 is 2.00 bits per heavy atom. The number of hydrogen-bond acceptors (Lipinski definition) is 3. The Bertz CT molecular complexity index is 239. The lowest BCUT2D eigenvalue weighted by atomic mass is 9.88. The van der Waals surface area contributed by atoms with E-state index in [1.54, 1.807) is 0 Å². The molecule has 0 aliphatic carbocycles. The third-order valence-corrected chi connectivity index (χ3v) is 3.53. The molecule has 0 bridgehead atoms. The SMILES string of the molecule is CCCCCCC(C)NCCC(C)(C)C(N)=NO. The highest BCUT2D eigenvalue weighted by Crippen LogP contribution is 2.19. The van der Waals surface area contributed by atoms with Gasteiger partial charge in [0.2, 0.25) is 0 Å². The van der Waals surface area contributed by atoms with Crippen LogP contribution in [0.3, 0.4) is 0 Å². The minimum absolute atomic E-state index is 0.246. The molecule has 0 aromatic rings. The molecule has 0 aliphatic rings. The van der Waals surface area contributed by atoms with Gasteiger partial charge >= 0.3 is 0 Å². The number of nitrogens with one attached hydrogen (secondary N) is 1. The van der Waals surface area contributed by atoms with Crippen LogP contribution in [-0.2, 0) is 0 Å². The Morgan fingerprint density at radius 1 is 1.33 bits per heavy atom. The van der Waals surface area contributed by atoms with Gasteiger partial charge in [-0.1, -0.05) is 51.6 Å². The van der Waals surface area contributed by atoms with Crippen molar-refractivity contribution in [3.8, 4) is 0 Å². The molecule has 0 aromatic carbocycles. The van der Waals surface area contributed by atoms with E-state index in [2.05, 4.69) is 24.3 Å². The predicted octanol–water partition coefficient (Wildman–Crippen LogP) is 3.10. The molecule has 4 N–H and O–H groups in total. The lowest BCUT2D eigenvalue weighted by Gasteiger charge is -2.24. The topological polar surface area (TPSA) is 70.6 Å². The molecule has 0 saturated carbocycles. The van der Waals surface area contributed by atoms with Crippen LogP contribution >= 0.6 is 0 Å². The van der Waals surface area contributed by atoms with Gasteiger partial charge in [0, 0.05) is 11.5 Å². The maximum absolute atomic E-state index is 8.69. The van der Waals surface area contributed by atoms with Crippen LogP contribution in [0.2, 0.25) is 0 Å². The van der Waals surface area contributed by atoms with Crippen LogP contribution in [0.1, 0.15) is 66.2 Å². The lowest BCUT2D eigenvalue weighted by Crippen LogP contribution is -2.36. The van der Waals surface area contributed by atoms with Gasteiger partial charge in [-0.15, -0.1) is 0 Å². The minimum Gasteiger partial charge on any atom is -0.409 e. The van der Waals surface area contributed by atoms with E-state index in [1.165, 1.54) is 32.1 Å². The molecule has 18 heavy (non-hydrogen) atoms. The van der Waals surface area contributed by atoms with Gasteiger partial charge in [0.15, 0.2) is 0 Å². The molecule has 1 atom stereocenters. The molecule has 4 heteroatoms. The van der Waals surface area contributed by atoms with E-state index in [9.17, 15) is 0 Å². The summed E-state index contributed by atoms with van der Waals surface area (Å²) in [6, 6.07) is 0.546. The Labute approximate surface area is 112 Å². The fourth-order valence-electron chi connectivity index (χ4n) is 1.87. The summed E-state index contributed by atoms with van der Waals surface area (Å²) in [5.74, 6) is 0.305. The van der Waals surface area contributed by atoms with E-state index in [-0.39, 0.29) is 5.41 Å². The Morgan fingerprint density at radius 3 is 2.56 bits per heavy atom. The number of oxime groups is 1. The third kappa shape index (κ3) is 7.54. The molecule has 0 amide bonds. The molecule has 0 fully saturated rings. The number of rotatable bonds is 10. The number of nitrogens with two attached hydrogens (primary N) is 1. The van der Waals surface area contributed by atoms with Crippen molar-refractivity contribution in [3.63, 3.8) is 0 Å². The summed E-state index contributed by atoms with van der Waals surface area (Å²) in [4.78, 5) is 0. The van der Waals surface area contributed by atoms with Crippen molar-refractivity contribution in [2.75, 3.05) is 6.54 Å². The zero-order valence-electron chi connectivity index (χ0n) is 12.5. The summed E-state index contributed by atoms with van der Waals surface area (Å²) < 4.78 is 0. The zero-order chi connectivity index (χ0) is 14.0. The van der Waals surface area contributed by atoms with Crippen molar-refractivity contribution in [1.29, 1.82) is 0 Å². The molecule has 4 nitrogen and oxygen atoms in total. The molecule has 0 saturated heterocycles. The van der Waals surface area contributed by atoms with Crippen LogP contribution in [0.5, 0.6) is 0 Å². The van der Waals surface area contributed by atoms with E-state index < -0.39 is 0 Å². The largest absolute Gasteiger partial charge is 0.409 e. The Kier molecular flexibility index (Phi) is 8.81. The summed E-state index contributed by atoms with van der Waals surface area (Å²) in [6.07, 6.45) is 7.36. The van der Waals surface area contributed by atoms with Gasteiger partial charge in [-0.2, -0.15) is 0 Å². The van der Waals surface area contributed by atoms with Gasteiger partial charge < -0.3 is 16.3 Å². The first-order valence-electron chi connectivity index (χ1n) is 7.15. The van der Waals surface area contributed by atoms with Crippen molar-refractivity contribution in [2.24, 2.45) is 16.3 Å². The fourth-order valence-corrected chi connectivity index (χ4v) is 1.87. The van der Waals surface area contributed by atoms with Gasteiger partial charge in [0.05, 0.1) is 0 Å². The van der Waals surface area contributed by atoms with Crippen LogP contribution in [0, 0.1) is 5.41 Å². The van der Waals surface area contributed by atoms with E-state index >= 15 is 0 Å². The van der Waals surface area contributed by atoms with Gasteiger partial charge in [0.1, 0.15) is 5.84 Å². The monoisotopic (exact) mass is 257 g/mol. The van der Waals surface area contributed by atoms with Crippen molar-refractivity contribution >= 4 is 5.84 Å². The van der Waals surface area contributed by atoms with E-state index in [1.807, 2.05) is 13.8 Å². The highest BCUT2D eigenvalue weighted by atomic mass is 16.4. The smallest absolute Gasteiger partial charge is 0.144 e. The maximum atomic E-state index is 8.69. The molecule has 0 radical (unpaired) electrons. The standard InChI is InChI=1S/C14H31N3O/c1-5-6-7-8-9-12(2)16-11-10-14(3,4)13(15)17-18/h12,16,18H,5-11H2,1-4H3,(H2,15,17). The number of amidine groups is 1. The van der Waals surface area contributed by atoms with E-state index in [0.29, 0.717) is 11.9 Å². The molecule has 0 aliphatic heterocycles. The quantitative estimate of drug-likeness (QED) is 0.185. The summed E-state index contributed by atoms with van der Waals surface area (Å²) in [7, 11) is 0. The number of nitrogens with zero attached hydrogens (tertiary/aromatic N) is 1. The van der Waals surface area contributed by atoms with Crippen molar-refractivity contribution in [1.82, 2.24) is 5.32 Å². The second kappa shape index (κ2) is 9.20. The van der Waals surface area contributed by atoms with E-state index in [4.69, 9.17) is 10.9 Å². The van der Waals surface area contributed by atoms with Crippen LogP contribution in [0.4, 0.5) is 0 Å². The first-order chi connectivity index (χ1) is 8.44. The Hall–Kier alpha value is -0.770. The second-order valence-electron chi connectivity index (χ2n) is 5.82.